The Kier molecular flexibility index (Phi) is 4.45. The van der Waals surface area contributed by atoms with Gasteiger partial charge in [0.15, 0.2) is 0 Å². The lowest BCUT2D eigenvalue weighted by atomic mass is 10.1. The molecule has 3 N–H and O–H groups in total. The Morgan fingerprint density at radius 2 is 2.05 bits per heavy atom. The summed E-state index contributed by atoms with van der Waals surface area (Å²) in [6.45, 7) is 2.70. The molecule has 4 heteroatoms. The molecule has 0 aliphatic rings. The van der Waals surface area contributed by atoms with Crippen LogP contribution >= 0.6 is 0 Å². The number of hydrogen-bond donors (Lipinski definition) is 2. The van der Waals surface area contributed by atoms with Gasteiger partial charge in [0.05, 0.1) is 18.5 Å². The summed E-state index contributed by atoms with van der Waals surface area (Å²) in [6, 6.07) is 11.1. The van der Waals surface area contributed by atoms with Crippen LogP contribution in [0.25, 0.3) is 0 Å². The zero-order valence-electron chi connectivity index (χ0n) is 11.7. The van der Waals surface area contributed by atoms with Crippen molar-refractivity contribution in [3.63, 3.8) is 0 Å². The monoisotopic (exact) mass is 274 g/mol. The van der Waals surface area contributed by atoms with E-state index >= 15 is 0 Å². The van der Waals surface area contributed by atoms with Crippen LogP contribution < -0.4 is 15.8 Å². The third-order valence-electron chi connectivity index (χ3n) is 3.13. The SMILES string of the molecule is COc1cc(NCCc2cccc(C)c2)c(F)cc1N. The van der Waals surface area contributed by atoms with Crippen LogP contribution in [0.5, 0.6) is 5.75 Å². The first-order valence-corrected chi connectivity index (χ1v) is 6.52. The maximum absolute atomic E-state index is 13.8. The summed E-state index contributed by atoms with van der Waals surface area (Å²) in [5.74, 6) is 0.108. The third kappa shape index (κ3) is 3.41. The highest BCUT2D eigenvalue weighted by atomic mass is 19.1. The van der Waals surface area contributed by atoms with E-state index in [1.54, 1.807) is 6.07 Å². The molecule has 0 atom stereocenters. The van der Waals surface area contributed by atoms with Crippen molar-refractivity contribution in [2.45, 2.75) is 13.3 Å². The quantitative estimate of drug-likeness (QED) is 0.822. The highest BCUT2D eigenvalue weighted by Gasteiger charge is 2.07. The second kappa shape index (κ2) is 6.28. The van der Waals surface area contributed by atoms with Gasteiger partial charge >= 0.3 is 0 Å². The Morgan fingerprint density at radius 3 is 2.75 bits per heavy atom. The fourth-order valence-electron chi connectivity index (χ4n) is 2.09. The molecule has 0 bridgehead atoms. The van der Waals surface area contributed by atoms with Gasteiger partial charge in [-0.25, -0.2) is 4.39 Å². The molecule has 2 aromatic carbocycles. The van der Waals surface area contributed by atoms with Crippen LogP contribution in [0.1, 0.15) is 11.1 Å². The first kappa shape index (κ1) is 14.2. The van der Waals surface area contributed by atoms with Crippen molar-refractivity contribution in [1.29, 1.82) is 0 Å². The summed E-state index contributed by atoms with van der Waals surface area (Å²) >= 11 is 0. The van der Waals surface area contributed by atoms with Crippen molar-refractivity contribution < 1.29 is 9.13 Å². The highest BCUT2D eigenvalue weighted by Crippen LogP contribution is 2.28. The molecule has 0 spiro atoms. The first-order valence-electron chi connectivity index (χ1n) is 6.52. The zero-order chi connectivity index (χ0) is 14.5. The number of benzene rings is 2. The summed E-state index contributed by atoms with van der Waals surface area (Å²) in [4.78, 5) is 0. The van der Waals surface area contributed by atoms with E-state index in [4.69, 9.17) is 10.5 Å². The van der Waals surface area contributed by atoms with E-state index in [9.17, 15) is 4.39 Å². The Hall–Kier alpha value is -2.23. The van der Waals surface area contributed by atoms with Gasteiger partial charge in [-0.3, -0.25) is 0 Å². The minimum atomic E-state index is -0.368. The molecule has 2 aromatic rings. The van der Waals surface area contributed by atoms with E-state index in [2.05, 4.69) is 30.4 Å². The number of methoxy groups -OCH3 is 1. The average Bonchev–Trinajstić information content (AvgIpc) is 2.41. The first-order chi connectivity index (χ1) is 9.60. The number of nitrogens with one attached hydrogen (secondary N) is 1. The number of aryl methyl sites for hydroxylation is 1. The van der Waals surface area contributed by atoms with Crippen LogP contribution in [0.3, 0.4) is 0 Å². The summed E-state index contributed by atoms with van der Waals surface area (Å²) < 4.78 is 18.8. The Morgan fingerprint density at radius 1 is 1.25 bits per heavy atom. The fraction of sp³-hybridized carbons (Fsp3) is 0.250. The van der Waals surface area contributed by atoms with Crippen LogP contribution in [-0.4, -0.2) is 13.7 Å². The van der Waals surface area contributed by atoms with Crippen LogP contribution in [0.4, 0.5) is 15.8 Å². The van der Waals surface area contributed by atoms with Crippen LogP contribution in [0.15, 0.2) is 36.4 Å². The van der Waals surface area contributed by atoms with Gasteiger partial charge in [0.1, 0.15) is 11.6 Å². The molecule has 20 heavy (non-hydrogen) atoms. The van der Waals surface area contributed by atoms with E-state index < -0.39 is 0 Å². The molecular weight excluding hydrogens is 255 g/mol. The normalized spacial score (nSPS) is 10.3. The number of anilines is 2. The summed E-state index contributed by atoms with van der Waals surface area (Å²) in [7, 11) is 1.51. The van der Waals surface area contributed by atoms with Crippen molar-refractivity contribution in [2.75, 3.05) is 24.7 Å². The largest absolute Gasteiger partial charge is 0.495 e. The Bertz CT molecular complexity index is 599. The Balaban J connectivity index is 2.00. The molecule has 0 fully saturated rings. The number of nitrogens with two attached hydrogens (primary N) is 1. The van der Waals surface area contributed by atoms with Gasteiger partial charge in [0.2, 0.25) is 0 Å². The van der Waals surface area contributed by atoms with Gasteiger partial charge in [-0.15, -0.1) is 0 Å². The molecule has 0 amide bonds. The van der Waals surface area contributed by atoms with Crippen molar-refractivity contribution in [2.24, 2.45) is 0 Å². The van der Waals surface area contributed by atoms with E-state index in [1.807, 2.05) is 6.07 Å². The fourth-order valence-corrected chi connectivity index (χ4v) is 2.09. The minimum absolute atomic E-state index is 0.300. The topological polar surface area (TPSA) is 47.3 Å². The zero-order valence-corrected chi connectivity index (χ0v) is 11.7. The van der Waals surface area contributed by atoms with Crippen molar-refractivity contribution >= 4 is 11.4 Å². The number of hydrogen-bond acceptors (Lipinski definition) is 3. The Labute approximate surface area is 118 Å². The molecule has 0 saturated heterocycles. The van der Waals surface area contributed by atoms with Gasteiger partial charge in [-0.2, -0.15) is 0 Å². The molecule has 0 heterocycles. The van der Waals surface area contributed by atoms with E-state index in [-0.39, 0.29) is 5.82 Å². The highest BCUT2D eigenvalue weighted by molar-refractivity contribution is 5.62. The van der Waals surface area contributed by atoms with Crippen LogP contribution in [0, 0.1) is 12.7 Å². The lowest BCUT2D eigenvalue weighted by molar-refractivity contribution is 0.416. The molecular formula is C16H19FN2O. The van der Waals surface area contributed by atoms with Crippen molar-refractivity contribution in [1.82, 2.24) is 0 Å². The van der Waals surface area contributed by atoms with Gasteiger partial charge in [0, 0.05) is 18.7 Å². The number of ether oxygens (including phenoxy) is 1. The molecule has 0 saturated carbocycles. The standard InChI is InChI=1S/C16H19FN2O/c1-11-4-3-5-12(8-11)6-7-19-15-10-16(20-2)14(18)9-13(15)17/h3-5,8-10,19H,6-7,18H2,1-2H3. The molecule has 0 aliphatic heterocycles. The minimum Gasteiger partial charge on any atom is -0.495 e. The third-order valence-corrected chi connectivity index (χ3v) is 3.13. The van der Waals surface area contributed by atoms with E-state index in [1.165, 1.54) is 24.3 Å². The van der Waals surface area contributed by atoms with Crippen molar-refractivity contribution in [3.8, 4) is 5.75 Å². The van der Waals surface area contributed by atoms with E-state index in [0.29, 0.717) is 23.7 Å². The van der Waals surface area contributed by atoms with Gasteiger partial charge < -0.3 is 15.8 Å². The maximum Gasteiger partial charge on any atom is 0.148 e. The number of halogens is 1. The molecule has 0 aromatic heterocycles. The number of nitrogen functional groups attached to an aromatic ring is 1. The van der Waals surface area contributed by atoms with Gasteiger partial charge in [0.25, 0.3) is 0 Å². The summed E-state index contributed by atoms with van der Waals surface area (Å²) in [6.07, 6.45) is 0.827. The summed E-state index contributed by atoms with van der Waals surface area (Å²) in [5, 5.41) is 3.07. The molecule has 0 radical (unpaired) electrons. The molecule has 3 nitrogen and oxygen atoms in total. The molecule has 106 valence electrons. The predicted octanol–water partition coefficient (Wildman–Crippen LogP) is 3.38. The molecule has 0 aliphatic carbocycles. The number of rotatable bonds is 5. The van der Waals surface area contributed by atoms with Gasteiger partial charge in [-0.05, 0) is 18.9 Å². The second-order valence-electron chi connectivity index (χ2n) is 4.74. The maximum atomic E-state index is 13.8. The van der Waals surface area contributed by atoms with Crippen LogP contribution in [0.2, 0.25) is 0 Å². The molecule has 2 rings (SSSR count). The van der Waals surface area contributed by atoms with E-state index in [0.717, 1.165) is 6.42 Å². The summed E-state index contributed by atoms with van der Waals surface area (Å²) in [5.41, 5.74) is 8.80. The average molecular weight is 274 g/mol. The lowest BCUT2D eigenvalue weighted by Crippen LogP contribution is -2.07. The van der Waals surface area contributed by atoms with Crippen LogP contribution in [-0.2, 0) is 6.42 Å². The lowest BCUT2D eigenvalue weighted by Gasteiger charge is -2.11. The smallest absolute Gasteiger partial charge is 0.148 e. The predicted molar refractivity (Wildman–Crippen MR) is 80.7 cm³/mol. The molecule has 0 unspecified atom stereocenters. The van der Waals surface area contributed by atoms with Gasteiger partial charge in [-0.1, -0.05) is 29.8 Å². The second-order valence-corrected chi connectivity index (χ2v) is 4.74. The van der Waals surface area contributed by atoms with Crippen molar-refractivity contribution in [3.05, 3.63) is 53.3 Å².